The molecule has 0 unspecified atom stereocenters. The highest BCUT2D eigenvalue weighted by molar-refractivity contribution is 5.87. The molecule has 0 saturated carbocycles. The van der Waals surface area contributed by atoms with E-state index in [-0.39, 0.29) is 12.7 Å². The van der Waals surface area contributed by atoms with Gasteiger partial charge in [0.25, 0.3) is 0 Å². The molecule has 3 rings (SSSR count). The number of carbonyl (C=O) groups is 1. The van der Waals surface area contributed by atoms with Crippen LogP contribution >= 0.6 is 0 Å². The molecule has 0 saturated heterocycles. The summed E-state index contributed by atoms with van der Waals surface area (Å²) in [5.41, 5.74) is 2.75. The van der Waals surface area contributed by atoms with Crippen LogP contribution in [0.15, 0.2) is 79.1 Å². The second-order valence-electron chi connectivity index (χ2n) is 5.21. The van der Waals surface area contributed by atoms with E-state index in [1.165, 1.54) is 4.90 Å². The van der Waals surface area contributed by atoms with Crippen molar-refractivity contribution in [1.29, 1.82) is 0 Å². The van der Waals surface area contributed by atoms with Gasteiger partial charge in [-0.05, 0) is 35.9 Å². The molecule has 4 heteroatoms. The lowest BCUT2D eigenvalue weighted by atomic mass is 10.2. The summed E-state index contributed by atoms with van der Waals surface area (Å²) in [7, 11) is 1.71. The van der Waals surface area contributed by atoms with E-state index < -0.39 is 0 Å². The average molecular weight is 306 g/mol. The van der Waals surface area contributed by atoms with E-state index in [0.717, 1.165) is 16.9 Å². The number of rotatable bonds is 4. The van der Waals surface area contributed by atoms with Crippen molar-refractivity contribution in [2.45, 2.75) is 6.61 Å². The first-order valence-corrected chi connectivity index (χ1v) is 7.42. The van der Waals surface area contributed by atoms with Crippen LogP contribution in [0.25, 0.3) is 5.69 Å². The highest BCUT2D eigenvalue weighted by Gasteiger charge is 2.13. The second kappa shape index (κ2) is 6.83. The van der Waals surface area contributed by atoms with Crippen molar-refractivity contribution in [2.75, 3.05) is 11.9 Å². The molecule has 0 fully saturated rings. The molecule has 0 atom stereocenters. The van der Waals surface area contributed by atoms with Gasteiger partial charge < -0.3 is 9.30 Å². The summed E-state index contributed by atoms with van der Waals surface area (Å²) in [6, 6.07) is 21.3. The van der Waals surface area contributed by atoms with Gasteiger partial charge in [0.15, 0.2) is 0 Å². The van der Waals surface area contributed by atoms with E-state index in [1.807, 2.05) is 83.7 Å². The van der Waals surface area contributed by atoms with Gasteiger partial charge >= 0.3 is 6.09 Å². The van der Waals surface area contributed by atoms with Crippen LogP contribution in [0.3, 0.4) is 0 Å². The molecule has 0 aliphatic heterocycles. The summed E-state index contributed by atoms with van der Waals surface area (Å²) in [5.74, 6) is 0. The van der Waals surface area contributed by atoms with Crippen molar-refractivity contribution in [3.8, 4) is 5.69 Å². The molecule has 2 aromatic carbocycles. The topological polar surface area (TPSA) is 34.5 Å². The zero-order chi connectivity index (χ0) is 16.1. The van der Waals surface area contributed by atoms with E-state index >= 15 is 0 Å². The third-order valence-corrected chi connectivity index (χ3v) is 3.60. The molecular weight excluding hydrogens is 288 g/mol. The Balaban J connectivity index is 1.69. The van der Waals surface area contributed by atoms with E-state index in [0.29, 0.717) is 0 Å². The van der Waals surface area contributed by atoms with Crippen molar-refractivity contribution in [1.82, 2.24) is 4.57 Å². The van der Waals surface area contributed by atoms with Crippen LogP contribution in [0.4, 0.5) is 10.5 Å². The smallest absolute Gasteiger partial charge is 0.414 e. The lowest BCUT2D eigenvalue weighted by molar-refractivity contribution is 0.148. The predicted octanol–water partition coefficient (Wildman–Crippen LogP) is 4.25. The van der Waals surface area contributed by atoms with Crippen LogP contribution in [0.2, 0.25) is 0 Å². The summed E-state index contributed by atoms with van der Waals surface area (Å²) in [6.45, 7) is 0.265. The van der Waals surface area contributed by atoms with Gasteiger partial charge in [0.05, 0.1) is 0 Å². The Labute approximate surface area is 135 Å². The van der Waals surface area contributed by atoms with Crippen LogP contribution in [-0.2, 0) is 11.3 Å². The molecule has 0 aliphatic rings. The number of ether oxygens (including phenoxy) is 1. The molecule has 0 aliphatic carbocycles. The van der Waals surface area contributed by atoms with E-state index in [9.17, 15) is 4.79 Å². The molecule has 0 bridgehead atoms. The van der Waals surface area contributed by atoms with Crippen LogP contribution in [0, 0.1) is 0 Å². The van der Waals surface area contributed by atoms with Crippen molar-refractivity contribution in [2.24, 2.45) is 0 Å². The quantitative estimate of drug-likeness (QED) is 0.722. The number of amides is 1. The van der Waals surface area contributed by atoms with Crippen LogP contribution in [0.5, 0.6) is 0 Å². The maximum Gasteiger partial charge on any atom is 0.414 e. The van der Waals surface area contributed by atoms with Crippen molar-refractivity contribution < 1.29 is 9.53 Å². The van der Waals surface area contributed by atoms with E-state index in [2.05, 4.69) is 0 Å². The van der Waals surface area contributed by atoms with Gasteiger partial charge in [-0.15, -0.1) is 0 Å². The summed E-state index contributed by atoms with van der Waals surface area (Å²) < 4.78 is 7.35. The fraction of sp³-hybridized carbons (Fsp3) is 0.105. The highest BCUT2D eigenvalue weighted by Crippen LogP contribution is 2.19. The van der Waals surface area contributed by atoms with Gasteiger partial charge in [0, 0.05) is 30.8 Å². The molecule has 3 aromatic rings. The number of carbonyl (C=O) groups excluding carboxylic acids is 1. The Morgan fingerprint density at radius 3 is 2.48 bits per heavy atom. The average Bonchev–Trinajstić information content (AvgIpc) is 3.15. The Bertz CT molecular complexity index is 767. The second-order valence-corrected chi connectivity index (χ2v) is 5.21. The van der Waals surface area contributed by atoms with Gasteiger partial charge in [-0.1, -0.05) is 36.4 Å². The molecule has 1 amide bonds. The van der Waals surface area contributed by atoms with Crippen molar-refractivity contribution in [3.63, 3.8) is 0 Å². The van der Waals surface area contributed by atoms with E-state index in [4.69, 9.17) is 4.74 Å². The monoisotopic (exact) mass is 306 g/mol. The minimum absolute atomic E-state index is 0.265. The molecular formula is C19H18N2O2. The third-order valence-electron chi connectivity index (χ3n) is 3.60. The highest BCUT2D eigenvalue weighted by atomic mass is 16.6. The zero-order valence-corrected chi connectivity index (χ0v) is 12.9. The maximum atomic E-state index is 12.2. The molecule has 116 valence electrons. The van der Waals surface area contributed by atoms with Crippen LogP contribution in [-0.4, -0.2) is 17.7 Å². The fourth-order valence-electron chi connectivity index (χ4n) is 2.29. The normalized spacial score (nSPS) is 10.3. The first kappa shape index (κ1) is 14.9. The van der Waals surface area contributed by atoms with Gasteiger partial charge in [-0.25, -0.2) is 4.79 Å². The molecule has 4 nitrogen and oxygen atoms in total. The minimum atomic E-state index is -0.376. The van der Waals surface area contributed by atoms with Gasteiger partial charge in [0.2, 0.25) is 0 Å². The molecule has 0 N–H and O–H groups in total. The summed E-state index contributed by atoms with van der Waals surface area (Å²) >= 11 is 0. The molecule has 1 heterocycles. The summed E-state index contributed by atoms with van der Waals surface area (Å²) in [5, 5.41) is 0. The first-order chi connectivity index (χ1) is 11.2. The molecule has 0 radical (unpaired) electrons. The summed E-state index contributed by atoms with van der Waals surface area (Å²) in [4.78, 5) is 13.7. The number of hydrogen-bond acceptors (Lipinski definition) is 2. The Kier molecular flexibility index (Phi) is 4.43. The third kappa shape index (κ3) is 3.61. The molecule has 23 heavy (non-hydrogen) atoms. The predicted molar refractivity (Wildman–Crippen MR) is 90.8 cm³/mol. The minimum Gasteiger partial charge on any atom is -0.444 e. The zero-order valence-electron chi connectivity index (χ0n) is 12.9. The Hall–Kier alpha value is -3.01. The lowest BCUT2D eigenvalue weighted by Gasteiger charge is -2.18. The largest absolute Gasteiger partial charge is 0.444 e. The van der Waals surface area contributed by atoms with Gasteiger partial charge in [-0.3, -0.25) is 4.90 Å². The maximum absolute atomic E-state index is 12.2. The molecule has 0 spiro atoms. The van der Waals surface area contributed by atoms with Crippen LogP contribution < -0.4 is 4.90 Å². The lowest BCUT2D eigenvalue weighted by Crippen LogP contribution is -2.27. The fourth-order valence-corrected chi connectivity index (χ4v) is 2.29. The SMILES string of the molecule is CN(C(=O)OCc1ccccc1)c1cccc(-n2cccc2)c1. The van der Waals surface area contributed by atoms with Crippen molar-refractivity contribution in [3.05, 3.63) is 84.7 Å². The number of nitrogens with zero attached hydrogens (tertiary/aromatic N) is 2. The standard InChI is InChI=1S/C19H18N2O2/c1-20(19(22)23-15-16-8-3-2-4-9-16)17-10-7-11-18(14-17)21-12-5-6-13-21/h2-14H,15H2,1H3. The van der Waals surface area contributed by atoms with E-state index in [1.54, 1.807) is 7.05 Å². The van der Waals surface area contributed by atoms with Crippen LogP contribution in [0.1, 0.15) is 5.56 Å². The van der Waals surface area contributed by atoms with Gasteiger partial charge in [-0.2, -0.15) is 0 Å². The van der Waals surface area contributed by atoms with Gasteiger partial charge in [0.1, 0.15) is 6.61 Å². The number of benzene rings is 2. The number of hydrogen-bond donors (Lipinski definition) is 0. The van der Waals surface area contributed by atoms with Crippen molar-refractivity contribution >= 4 is 11.8 Å². The Morgan fingerprint density at radius 2 is 1.74 bits per heavy atom. The first-order valence-electron chi connectivity index (χ1n) is 7.42. The Morgan fingerprint density at radius 1 is 1.00 bits per heavy atom. The number of aromatic nitrogens is 1. The molecule has 1 aromatic heterocycles. The number of anilines is 1. The summed E-state index contributed by atoms with van der Waals surface area (Å²) in [6.07, 6.45) is 3.55.